The Bertz CT molecular complexity index is 459. The van der Waals surface area contributed by atoms with Crippen molar-refractivity contribution in [2.24, 2.45) is 0 Å². The monoisotopic (exact) mass is 251 g/mol. The zero-order valence-electron chi connectivity index (χ0n) is 9.98. The van der Waals surface area contributed by atoms with Crippen molar-refractivity contribution in [2.75, 3.05) is 19.7 Å². The minimum atomic E-state index is 0. The highest BCUT2D eigenvalue weighted by Gasteiger charge is 1.96. The van der Waals surface area contributed by atoms with E-state index in [1.807, 2.05) is 18.2 Å². The van der Waals surface area contributed by atoms with Crippen LogP contribution >= 0.6 is 12.4 Å². The molecule has 1 N–H and O–H groups in total. The fraction of sp³-hybridized carbons (Fsp3) is 0.286. The quantitative estimate of drug-likeness (QED) is 0.824. The van der Waals surface area contributed by atoms with Gasteiger partial charge in [0.05, 0.1) is 0 Å². The maximum atomic E-state index is 5.65. The molecule has 2 rings (SSSR count). The van der Waals surface area contributed by atoms with Crippen molar-refractivity contribution in [3.63, 3.8) is 0 Å². The molecule has 0 saturated heterocycles. The standard InChI is InChI=1S/C14H17NO.ClH/c1-2-15-9-10-16-14-8-7-12-5-3-4-6-13(12)11-14;/h3-8,11,15H,2,9-10H2,1H3;1H. The molecule has 0 radical (unpaired) electrons. The first-order valence-electron chi connectivity index (χ1n) is 5.72. The van der Waals surface area contributed by atoms with Crippen molar-refractivity contribution in [3.05, 3.63) is 42.5 Å². The van der Waals surface area contributed by atoms with E-state index in [-0.39, 0.29) is 12.4 Å². The van der Waals surface area contributed by atoms with Gasteiger partial charge in [-0.05, 0) is 29.4 Å². The predicted octanol–water partition coefficient (Wildman–Crippen LogP) is 3.25. The van der Waals surface area contributed by atoms with E-state index in [0.717, 1.165) is 18.8 Å². The van der Waals surface area contributed by atoms with E-state index in [1.165, 1.54) is 10.8 Å². The van der Waals surface area contributed by atoms with Gasteiger partial charge in [0, 0.05) is 6.54 Å². The summed E-state index contributed by atoms with van der Waals surface area (Å²) in [5, 5.41) is 5.71. The summed E-state index contributed by atoms with van der Waals surface area (Å²) in [4.78, 5) is 0. The lowest BCUT2D eigenvalue weighted by molar-refractivity contribution is 0.316. The number of hydrogen-bond acceptors (Lipinski definition) is 2. The third-order valence-electron chi connectivity index (χ3n) is 2.52. The fourth-order valence-corrected chi connectivity index (χ4v) is 1.68. The number of fused-ring (bicyclic) bond motifs is 1. The van der Waals surface area contributed by atoms with E-state index in [9.17, 15) is 0 Å². The highest BCUT2D eigenvalue weighted by atomic mass is 35.5. The molecule has 0 saturated carbocycles. The summed E-state index contributed by atoms with van der Waals surface area (Å²) in [5.41, 5.74) is 0. The zero-order valence-corrected chi connectivity index (χ0v) is 10.8. The Balaban J connectivity index is 0.00000144. The van der Waals surface area contributed by atoms with Crippen molar-refractivity contribution >= 4 is 23.2 Å². The molecular weight excluding hydrogens is 234 g/mol. The molecule has 2 aromatic carbocycles. The van der Waals surface area contributed by atoms with Crippen LogP contribution in [-0.2, 0) is 0 Å². The molecule has 92 valence electrons. The van der Waals surface area contributed by atoms with Gasteiger partial charge in [-0.25, -0.2) is 0 Å². The van der Waals surface area contributed by atoms with Crippen LogP contribution in [0, 0.1) is 0 Å². The zero-order chi connectivity index (χ0) is 11.2. The third kappa shape index (κ3) is 3.91. The van der Waals surface area contributed by atoms with Gasteiger partial charge in [0.1, 0.15) is 12.4 Å². The Morgan fingerprint density at radius 1 is 1.06 bits per heavy atom. The molecule has 2 nitrogen and oxygen atoms in total. The normalized spacial score (nSPS) is 9.94. The van der Waals surface area contributed by atoms with Gasteiger partial charge in [-0.2, -0.15) is 0 Å². The van der Waals surface area contributed by atoms with E-state index >= 15 is 0 Å². The Morgan fingerprint density at radius 2 is 1.82 bits per heavy atom. The van der Waals surface area contributed by atoms with Crippen molar-refractivity contribution < 1.29 is 4.74 Å². The lowest BCUT2D eigenvalue weighted by atomic mass is 10.1. The average molecular weight is 252 g/mol. The maximum Gasteiger partial charge on any atom is 0.120 e. The highest BCUT2D eigenvalue weighted by molar-refractivity contribution is 5.85. The van der Waals surface area contributed by atoms with Crippen LogP contribution in [-0.4, -0.2) is 19.7 Å². The molecule has 0 atom stereocenters. The van der Waals surface area contributed by atoms with E-state index in [1.54, 1.807) is 0 Å². The maximum absolute atomic E-state index is 5.65. The minimum Gasteiger partial charge on any atom is -0.492 e. The highest BCUT2D eigenvalue weighted by Crippen LogP contribution is 2.20. The number of hydrogen-bond donors (Lipinski definition) is 1. The van der Waals surface area contributed by atoms with Crippen LogP contribution in [0.2, 0.25) is 0 Å². The number of rotatable bonds is 5. The largest absolute Gasteiger partial charge is 0.492 e. The molecule has 0 aliphatic rings. The fourth-order valence-electron chi connectivity index (χ4n) is 1.68. The molecule has 0 heterocycles. The molecule has 0 unspecified atom stereocenters. The molecule has 2 aromatic rings. The smallest absolute Gasteiger partial charge is 0.120 e. The third-order valence-corrected chi connectivity index (χ3v) is 2.52. The molecule has 0 bridgehead atoms. The Hall–Kier alpha value is -1.25. The molecule has 0 amide bonds. The predicted molar refractivity (Wildman–Crippen MR) is 75.2 cm³/mol. The molecular formula is C14H18ClNO. The summed E-state index contributed by atoms with van der Waals surface area (Å²) in [7, 11) is 0. The summed E-state index contributed by atoms with van der Waals surface area (Å²) in [6.45, 7) is 4.69. The van der Waals surface area contributed by atoms with Crippen LogP contribution < -0.4 is 10.1 Å². The molecule has 0 aliphatic heterocycles. The Labute approximate surface area is 108 Å². The first-order valence-corrected chi connectivity index (χ1v) is 5.72. The van der Waals surface area contributed by atoms with E-state index in [2.05, 4.69) is 36.5 Å². The molecule has 3 heteroatoms. The first kappa shape index (κ1) is 13.8. The van der Waals surface area contributed by atoms with Crippen molar-refractivity contribution in [1.82, 2.24) is 5.32 Å². The van der Waals surface area contributed by atoms with Gasteiger partial charge in [-0.1, -0.05) is 37.3 Å². The SMILES string of the molecule is CCNCCOc1ccc2ccccc2c1.Cl. The van der Waals surface area contributed by atoms with E-state index < -0.39 is 0 Å². The van der Waals surface area contributed by atoms with Crippen molar-refractivity contribution in [2.45, 2.75) is 6.92 Å². The van der Waals surface area contributed by atoms with E-state index in [0.29, 0.717) is 6.61 Å². The Morgan fingerprint density at radius 3 is 2.59 bits per heavy atom. The van der Waals surface area contributed by atoms with E-state index in [4.69, 9.17) is 4.74 Å². The van der Waals surface area contributed by atoms with Gasteiger partial charge in [0.25, 0.3) is 0 Å². The van der Waals surface area contributed by atoms with Crippen LogP contribution in [0.1, 0.15) is 6.92 Å². The topological polar surface area (TPSA) is 21.3 Å². The minimum absolute atomic E-state index is 0. The van der Waals surface area contributed by atoms with Crippen molar-refractivity contribution in [3.8, 4) is 5.75 Å². The number of nitrogens with one attached hydrogen (secondary N) is 1. The molecule has 0 aliphatic carbocycles. The molecule has 0 fully saturated rings. The summed E-state index contributed by atoms with van der Waals surface area (Å²) < 4.78 is 5.65. The van der Waals surface area contributed by atoms with Gasteiger partial charge in [0.15, 0.2) is 0 Å². The second-order valence-electron chi connectivity index (χ2n) is 3.71. The summed E-state index contributed by atoms with van der Waals surface area (Å²) in [5.74, 6) is 0.941. The second kappa shape index (κ2) is 7.15. The summed E-state index contributed by atoms with van der Waals surface area (Å²) in [6, 6.07) is 14.5. The van der Waals surface area contributed by atoms with Crippen molar-refractivity contribution in [1.29, 1.82) is 0 Å². The number of benzene rings is 2. The average Bonchev–Trinajstić information content (AvgIpc) is 2.34. The van der Waals surface area contributed by atoms with Crippen LogP contribution in [0.4, 0.5) is 0 Å². The van der Waals surface area contributed by atoms with Gasteiger partial charge < -0.3 is 10.1 Å². The lowest BCUT2D eigenvalue weighted by Crippen LogP contribution is -2.20. The molecule has 17 heavy (non-hydrogen) atoms. The summed E-state index contributed by atoms with van der Waals surface area (Å²) in [6.07, 6.45) is 0. The second-order valence-corrected chi connectivity index (χ2v) is 3.71. The van der Waals surface area contributed by atoms with Crippen LogP contribution in [0.15, 0.2) is 42.5 Å². The number of halogens is 1. The van der Waals surface area contributed by atoms with Gasteiger partial charge in [-0.3, -0.25) is 0 Å². The lowest BCUT2D eigenvalue weighted by Gasteiger charge is -2.07. The van der Waals surface area contributed by atoms with Gasteiger partial charge >= 0.3 is 0 Å². The van der Waals surface area contributed by atoms with Crippen LogP contribution in [0.5, 0.6) is 5.75 Å². The first-order chi connectivity index (χ1) is 7.90. The Kier molecular flexibility index (Phi) is 5.81. The van der Waals surface area contributed by atoms with Gasteiger partial charge in [-0.15, -0.1) is 12.4 Å². The van der Waals surface area contributed by atoms with Crippen LogP contribution in [0.25, 0.3) is 10.8 Å². The molecule has 0 spiro atoms. The summed E-state index contributed by atoms with van der Waals surface area (Å²) >= 11 is 0. The molecule has 0 aromatic heterocycles. The number of likely N-dealkylation sites (N-methyl/N-ethyl adjacent to an activating group) is 1. The van der Waals surface area contributed by atoms with Gasteiger partial charge in [0.2, 0.25) is 0 Å². The van der Waals surface area contributed by atoms with Crippen LogP contribution in [0.3, 0.4) is 0 Å². The number of ether oxygens (including phenoxy) is 1.